The van der Waals surface area contributed by atoms with E-state index in [1.807, 2.05) is 6.07 Å². The van der Waals surface area contributed by atoms with Crippen molar-refractivity contribution in [1.29, 1.82) is 0 Å². The van der Waals surface area contributed by atoms with Crippen molar-refractivity contribution in [2.45, 2.75) is 11.8 Å². The first-order chi connectivity index (χ1) is 7.28. The van der Waals surface area contributed by atoms with Crippen molar-refractivity contribution in [2.24, 2.45) is 11.8 Å². The van der Waals surface area contributed by atoms with Gasteiger partial charge in [0, 0.05) is 29.1 Å². The van der Waals surface area contributed by atoms with Gasteiger partial charge in [0.15, 0.2) is 0 Å². The molecule has 1 aliphatic carbocycles. The molecule has 1 nitrogen and oxygen atoms in total. The van der Waals surface area contributed by atoms with Crippen molar-refractivity contribution < 1.29 is 0 Å². The lowest BCUT2D eigenvalue weighted by molar-refractivity contribution is 0.816. The van der Waals surface area contributed by atoms with Gasteiger partial charge in [-0.15, -0.1) is 0 Å². The predicted octanol–water partition coefficient (Wildman–Crippen LogP) is 3.69. The zero-order valence-corrected chi connectivity index (χ0v) is 10.8. The molecule has 0 bridgehead atoms. The van der Waals surface area contributed by atoms with Gasteiger partial charge in [-0.1, -0.05) is 27.5 Å². The molecule has 0 spiro atoms. The molecular weight excluding hydrogens is 273 g/mol. The Labute approximate surface area is 104 Å². The molecule has 2 unspecified atom stereocenters. The molecule has 80 valence electrons. The molecule has 0 N–H and O–H groups in total. The second-order valence-corrected chi connectivity index (χ2v) is 5.56. The van der Waals surface area contributed by atoms with Crippen LogP contribution in [0.5, 0.6) is 0 Å². The number of fused-ring (bicyclic) bond motifs is 1. The number of benzene rings is 1. The van der Waals surface area contributed by atoms with Crippen LogP contribution in [0.2, 0.25) is 5.02 Å². The van der Waals surface area contributed by atoms with Crippen LogP contribution in [-0.2, 0) is 5.33 Å². The minimum Gasteiger partial charge on any atom is -0.371 e. The molecule has 2 atom stereocenters. The van der Waals surface area contributed by atoms with E-state index in [-0.39, 0.29) is 0 Å². The van der Waals surface area contributed by atoms with Gasteiger partial charge in [0.25, 0.3) is 0 Å². The highest BCUT2D eigenvalue weighted by Crippen LogP contribution is 2.47. The summed E-state index contributed by atoms with van der Waals surface area (Å²) in [4.78, 5) is 2.51. The van der Waals surface area contributed by atoms with Gasteiger partial charge < -0.3 is 4.90 Å². The van der Waals surface area contributed by atoms with E-state index in [4.69, 9.17) is 11.6 Å². The minimum atomic E-state index is 0.831. The van der Waals surface area contributed by atoms with E-state index in [0.717, 1.165) is 22.2 Å². The second kappa shape index (κ2) is 3.67. The zero-order chi connectivity index (χ0) is 10.4. The molecule has 1 heterocycles. The van der Waals surface area contributed by atoms with Crippen LogP contribution in [0.4, 0.5) is 5.69 Å². The standard InChI is InChI=1S/C12H13BrClN/c13-5-8-4-11(14)1-2-12(8)15-6-9-3-10(9)7-15/h1-2,4,9-10H,3,5-7H2. The van der Waals surface area contributed by atoms with Gasteiger partial charge in [0.05, 0.1) is 0 Å². The largest absolute Gasteiger partial charge is 0.371 e. The van der Waals surface area contributed by atoms with Crippen molar-refractivity contribution in [3.05, 3.63) is 28.8 Å². The Kier molecular flexibility index (Phi) is 2.44. The van der Waals surface area contributed by atoms with Crippen molar-refractivity contribution in [2.75, 3.05) is 18.0 Å². The first-order valence-corrected chi connectivity index (χ1v) is 6.87. The van der Waals surface area contributed by atoms with E-state index in [0.29, 0.717) is 0 Å². The fourth-order valence-corrected chi connectivity index (χ4v) is 3.21. The molecule has 1 aromatic carbocycles. The Hall–Kier alpha value is -0.210. The van der Waals surface area contributed by atoms with Crippen LogP contribution < -0.4 is 4.90 Å². The fraction of sp³-hybridized carbons (Fsp3) is 0.500. The lowest BCUT2D eigenvalue weighted by Gasteiger charge is -2.23. The van der Waals surface area contributed by atoms with E-state index in [2.05, 4.69) is 33.0 Å². The van der Waals surface area contributed by atoms with E-state index >= 15 is 0 Å². The van der Waals surface area contributed by atoms with Crippen LogP contribution in [0.15, 0.2) is 18.2 Å². The van der Waals surface area contributed by atoms with Gasteiger partial charge in [-0.2, -0.15) is 0 Å². The molecule has 1 saturated carbocycles. The highest BCUT2D eigenvalue weighted by molar-refractivity contribution is 9.08. The van der Waals surface area contributed by atoms with E-state index in [1.165, 1.54) is 30.8 Å². The van der Waals surface area contributed by atoms with Crippen LogP contribution in [0.3, 0.4) is 0 Å². The van der Waals surface area contributed by atoms with Gasteiger partial charge >= 0.3 is 0 Å². The minimum absolute atomic E-state index is 0.831. The topological polar surface area (TPSA) is 3.24 Å². The number of alkyl halides is 1. The lowest BCUT2D eigenvalue weighted by Crippen LogP contribution is -2.22. The maximum atomic E-state index is 6.00. The maximum Gasteiger partial charge on any atom is 0.0410 e. The van der Waals surface area contributed by atoms with Gasteiger partial charge in [-0.05, 0) is 42.0 Å². The monoisotopic (exact) mass is 285 g/mol. The van der Waals surface area contributed by atoms with Gasteiger partial charge in [0.1, 0.15) is 0 Å². The van der Waals surface area contributed by atoms with Crippen molar-refractivity contribution >= 4 is 33.2 Å². The molecule has 0 aromatic heterocycles. The average molecular weight is 287 g/mol. The third-order valence-corrected chi connectivity index (χ3v) is 4.34. The Morgan fingerprint density at radius 2 is 2.07 bits per heavy atom. The van der Waals surface area contributed by atoms with Gasteiger partial charge in [-0.3, -0.25) is 0 Å². The zero-order valence-electron chi connectivity index (χ0n) is 8.42. The highest BCUT2D eigenvalue weighted by atomic mass is 79.9. The van der Waals surface area contributed by atoms with Crippen LogP contribution in [-0.4, -0.2) is 13.1 Å². The molecular formula is C12H13BrClN. The molecule has 0 radical (unpaired) electrons. The van der Waals surface area contributed by atoms with E-state index in [9.17, 15) is 0 Å². The molecule has 2 fully saturated rings. The molecule has 2 aliphatic rings. The van der Waals surface area contributed by atoms with Crippen molar-refractivity contribution in [3.8, 4) is 0 Å². The number of rotatable bonds is 2. The molecule has 1 aromatic rings. The maximum absolute atomic E-state index is 6.00. The summed E-state index contributed by atoms with van der Waals surface area (Å²) in [6.07, 6.45) is 1.45. The number of halogens is 2. The van der Waals surface area contributed by atoms with Crippen molar-refractivity contribution in [3.63, 3.8) is 0 Å². The summed E-state index contributed by atoms with van der Waals surface area (Å²) in [5.41, 5.74) is 2.67. The lowest BCUT2D eigenvalue weighted by atomic mass is 10.2. The van der Waals surface area contributed by atoms with Gasteiger partial charge in [0.2, 0.25) is 0 Å². The first kappa shape index (κ1) is 9.98. The number of anilines is 1. The molecule has 15 heavy (non-hydrogen) atoms. The third kappa shape index (κ3) is 1.78. The number of hydrogen-bond donors (Lipinski definition) is 0. The number of nitrogens with zero attached hydrogens (tertiary/aromatic N) is 1. The number of hydrogen-bond acceptors (Lipinski definition) is 1. The van der Waals surface area contributed by atoms with Crippen LogP contribution >= 0.6 is 27.5 Å². The Morgan fingerprint density at radius 3 is 2.73 bits per heavy atom. The molecule has 3 heteroatoms. The summed E-state index contributed by atoms with van der Waals surface area (Å²) in [6, 6.07) is 6.21. The Morgan fingerprint density at radius 1 is 1.33 bits per heavy atom. The molecule has 1 aliphatic heterocycles. The summed E-state index contributed by atoms with van der Waals surface area (Å²) >= 11 is 9.53. The normalized spacial score (nSPS) is 28.0. The van der Waals surface area contributed by atoms with Crippen LogP contribution in [0.1, 0.15) is 12.0 Å². The number of piperidine rings is 1. The Bertz CT molecular complexity index is 383. The van der Waals surface area contributed by atoms with Gasteiger partial charge in [-0.25, -0.2) is 0 Å². The average Bonchev–Trinajstić information content (AvgIpc) is 2.85. The molecule has 1 saturated heterocycles. The van der Waals surface area contributed by atoms with E-state index < -0.39 is 0 Å². The predicted molar refractivity (Wildman–Crippen MR) is 67.9 cm³/mol. The summed E-state index contributed by atoms with van der Waals surface area (Å²) < 4.78 is 0. The summed E-state index contributed by atoms with van der Waals surface area (Å²) in [5.74, 6) is 1.95. The summed E-state index contributed by atoms with van der Waals surface area (Å²) in [5, 5.41) is 1.71. The van der Waals surface area contributed by atoms with Crippen molar-refractivity contribution in [1.82, 2.24) is 0 Å². The molecule has 0 amide bonds. The van der Waals surface area contributed by atoms with E-state index in [1.54, 1.807) is 0 Å². The smallest absolute Gasteiger partial charge is 0.0410 e. The highest BCUT2D eigenvalue weighted by Gasteiger charge is 2.45. The molecule has 3 rings (SSSR count). The fourth-order valence-electron chi connectivity index (χ4n) is 2.56. The third-order valence-electron chi connectivity index (χ3n) is 3.51. The SMILES string of the molecule is Clc1ccc(N2CC3CC3C2)c(CBr)c1. The Balaban J connectivity index is 1.89. The summed E-state index contributed by atoms with van der Waals surface area (Å²) in [7, 11) is 0. The summed E-state index contributed by atoms with van der Waals surface area (Å²) in [6.45, 7) is 2.48. The first-order valence-electron chi connectivity index (χ1n) is 5.37. The quantitative estimate of drug-likeness (QED) is 0.750. The van der Waals surface area contributed by atoms with Crippen LogP contribution in [0, 0.1) is 11.8 Å². The second-order valence-electron chi connectivity index (χ2n) is 4.57. The van der Waals surface area contributed by atoms with Crippen LogP contribution in [0.25, 0.3) is 0 Å².